The molecule has 3 unspecified atom stereocenters. The van der Waals surface area contributed by atoms with Crippen LogP contribution in [-0.2, 0) is 80.4 Å². The van der Waals surface area contributed by atoms with E-state index in [1.807, 2.05) is 0 Å². The average molecular weight is 1600 g/mol. The molecule has 13 amide bonds. The van der Waals surface area contributed by atoms with Crippen molar-refractivity contribution in [3.05, 3.63) is 144 Å². The van der Waals surface area contributed by atoms with Crippen LogP contribution in [0.2, 0.25) is 0 Å². The molecule has 41 heteroatoms. The second-order valence-electron chi connectivity index (χ2n) is 28.2. The minimum Gasteiger partial charge on any atom is -0.370 e. The van der Waals surface area contributed by atoms with E-state index >= 15 is 0 Å². The summed E-state index contributed by atoms with van der Waals surface area (Å²) in [5.41, 5.74) is 20.1. The number of likely N-dealkylation sites (tertiary alicyclic amines) is 1. The van der Waals surface area contributed by atoms with Gasteiger partial charge in [-0.1, -0.05) is 12.8 Å². The van der Waals surface area contributed by atoms with Crippen molar-refractivity contribution in [1.82, 2.24) is 78.3 Å². The topological polar surface area (TPSA) is 560 Å². The molecule has 0 bridgehead atoms. The van der Waals surface area contributed by atoms with Crippen LogP contribution in [0.1, 0.15) is 168 Å². The number of hydrogen-bond donors (Lipinski definition) is 18. The summed E-state index contributed by atoms with van der Waals surface area (Å²) in [5, 5.41) is 50.7. The molecule has 9 rings (SSSR count). The first-order valence-electron chi connectivity index (χ1n) is 37.4. The number of nitrogens with one attached hydrogen (secondary N) is 15. The van der Waals surface area contributed by atoms with Gasteiger partial charge in [-0.25, -0.2) is 4.98 Å². The first kappa shape index (κ1) is 85.8. The lowest BCUT2D eigenvalue weighted by atomic mass is 10.1. The monoisotopic (exact) mass is 1600 g/mol. The fourth-order valence-electron chi connectivity index (χ4n) is 13.2. The largest absolute Gasteiger partial charge is 0.370 e. The van der Waals surface area contributed by atoms with E-state index in [1.165, 1.54) is 76.4 Å². The van der Waals surface area contributed by atoms with Gasteiger partial charge >= 0.3 is 0 Å². The van der Waals surface area contributed by atoms with Crippen molar-refractivity contribution in [3.63, 3.8) is 0 Å². The van der Waals surface area contributed by atoms with Gasteiger partial charge in [0.15, 0.2) is 17.7 Å². The zero-order chi connectivity index (χ0) is 84.2. The van der Waals surface area contributed by atoms with Crippen molar-refractivity contribution >= 4 is 129 Å². The number of aromatic nitrogens is 9. The number of nitrogens with zero attached hydrogens (tertiary/aromatic N) is 10. The van der Waals surface area contributed by atoms with Gasteiger partial charge in [-0.3, -0.25) is 73.1 Å². The van der Waals surface area contributed by atoms with Crippen molar-refractivity contribution < 1.29 is 62.3 Å². The molecular weight excluding hydrogens is 1500 g/mol. The molecule has 0 saturated carbocycles. The molecule has 9 heterocycles. The van der Waals surface area contributed by atoms with Gasteiger partial charge in [0.05, 0.1) is 39.8 Å². The minimum atomic E-state index is -1.02. The first-order chi connectivity index (χ1) is 55.2. The van der Waals surface area contributed by atoms with Crippen molar-refractivity contribution in [2.45, 2.75) is 102 Å². The number of hydrogen-bond acceptors (Lipinski definition) is 16. The SMILES string of the molecule is Cn1cc(NC(=O)c2cc(NC(=O)c3cc(NC(=O)c4cc(NC(=O)CCCNC(=O)c5cc(NC(=O)c6cc(NC(=O)c7cc(NC(=O)c8nccn8C)cn7C)cn6C)cn5C)cn4C)cn3C)cn2C)cc1C(=O)NCCCCCCC(=O)NC(CCCNC(=N)N)C(=O)N1CCCC1C(=O)NC(CCCNC(=N)N)C(N)=O. The Morgan fingerprint density at radius 3 is 1.12 bits per heavy atom. The maximum atomic E-state index is 14.0. The molecule has 41 nitrogen and oxygen atoms in total. The van der Waals surface area contributed by atoms with Crippen LogP contribution in [0.4, 0.5) is 39.8 Å². The van der Waals surface area contributed by atoms with E-state index in [0.29, 0.717) is 86.3 Å². The number of amides is 13. The Labute approximate surface area is 666 Å². The van der Waals surface area contributed by atoms with E-state index in [2.05, 4.69) is 74.1 Å². The van der Waals surface area contributed by atoms with Gasteiger partial charge in [-0.2, -0.15) is 0 Å². The molecular formula is C75H100N28O13. The molecule has 0 aliphatic carbocycles. The number of unbranched alkanes of at least 4 members (excludes halogenated alkanes) is 3. The Bertz CT molecular complexity index is 5030. The maximum Gasteiger partial charge on any atom is 0.291 e. The third-order valence-electron chi connectivity index (χ3n) is 19.1. The van der Waals surface area contributed by atoms with Crippen LogP contribution in [-0.4, -0.2) is 186 Å². The number of carbonyl (C=O) groups is 13. The molecule has 21 N–H and O–H groups in total. The lowest BCUT2D eigenvalue weighted by molar-refractivity contribution is -0.142. The van der Waals surface area contributed by atoms with E-state index < -0.39 is 77.2 Å². The van der Waals surface area contributed by atoms with Gasteiger partial charge in [0, 0.05) is 158 Å². The molecule has 0 aromatic carbocycles. The molecule has 0 radical (unpaired) electrons. The lowest BCUT2D eigenvalue weighted by Crippen LogP contribution is -2.56. The third kappa shape index (κ3) is 23.2. The van der Waals surface area contributed by atoms with E-state index in [1.54, 1.807) is 120 Å². The Kier molecular flexibility index (Phi) is 29.1. The fraction of sp³-hybridized carbons (Fsp3) is 0.387. The van der Waals surface area contributed by atoms with E-state index in [4.69, 9.17) is 28.0 Å². The number of anilines is 7. The van der Waals surface area contributed by atoms with Crippen molar-refractivity contribution in [3.8, 4) is 0 Å². The molecule has 116 heavy (non-hydrogen) atoms. The predicted octanol–water partition coefficient (Wildman–Crippen LogP) is 2.10. The molecule has 618 valence electrons. The van der Waals surface area contributed by atoms with Crippen molar-refractivity contribution in [2.75, 3.05) is 69.9 Å². The summed E-state index contributed by atoms with van der Waals surface area (Å²) < 4.78 is 12.3. The molecule has 8 aromatic heterocycles. The standard InChI is InChI=1S/C75H100N28O13/c1-95-28-26-81-63(95)72(115)92-49-35-59(102(8)42-49)71(114)91-48-34-57(100(6)41-48)69(112)88-45-31-54(97(3)38-45)65(108)83-23-15-21-60(104)86-43-29-55(98(4)36-43)67(110)89-46-32-58(101(7)39-46)70(113)90-47-33-56(99(5)40-47)68(111)87-44-30-53(96(2)37-44)64(107)82-22-12-10-9-11-20-61(105)93-51(18-14-25-85-75(79)80)73(116)103-27-16-19-52(103)66(109)94-50(62(76)106)17-13-24-84-74(77)78/h26,28-42,50-52H,9-25,27H2,1-8H3,(H2,76,106)(H,82,107)(H,83,108)(H,86,104)(H,87,111)(H,88,112)(H,89,110)(H,90,113)(H,91,114)(H,92,115)(H,93,105)(H,94,109)(H4,77,78,84)(H4,79,80,85). The number of primary amides is 1. The highest BCUT2D eigenvalue weighted by molar-refractivity contribution is 6.11. The van der Waals surface area contributed by atoms with Crippen LogP contribution in [0, 0.1) is 10.8 Å². The van der Waals surface area contributed by atoms with Crippen LogP contribution in [0.25, 0.3) is 0 Å². The summed E-state index contributed by atoms with van der Waals surface area (Å²) >= 11 is 0. The number of aryl methyl sites for hydroxylation is 8. The van der Waals surface area contributed by atoms with E-state index in [0.717, 1.165) is 0 Å². The Morgan fingerprint density at radius 1 is 0.397 bits per heavy atom. The number of rotatable bonds is 39. The van der Waals surface area contributed by atoms with E-state index in [-0.39, 0.29) is 145 Å². The minimum absolute atomic E-state index is 0.0143. The number of guanidine groups is 2. The van der Waals surface area contributed by atoms with E-state index in [9.17, 15) is 62.3 Å². The molecule has 1 aliphatic heterocycles. The zero-order valence-corrected chi connectivity index (χ0v) is 65.7. The van der Waals surface area contributed by atoms with Crippen LogP contribution in [0.3, 0.4) is 0 Å². The number of imidazole rings is 1. The van der Waals surface area contributed by atoms with Gasteiger partial charge in [-0.15, -0.1) is 0 Å². The molecule has 1 fully saturated rings. The van der Waals surface area contributed by atoms with Crippen LogP contribution in [0.5, 0.6) is 0 Å². The maximum absolute atomic E-state index is 14.0. The van der Waals surface area contributed by atoms with Crippen LogP contribution >= 0.6 is 0 Å². The highest BCUT2D eigenvalue weighted by atomic mass is 16.2. The molecule has 8 aromatic rings. The Hall–Kier alpha value is -14.2. The molecule has 0 spiro atoms. The molecule has 1 aliphatic rings. The summed E-state index contributed by atoms with van der Waals surface area (Å²) in [5.74, 6) is -6.74. The van der Waals surface area contributed by atoms with Crippen molar-refractivity contribution in [2.24, 2.45) is 73.6 Å². The smallest absolute Gasteiger partial charge is 0.291 e. The molecule has 1 saturated heterocycles. The van der Waals surface area contributed by atoms with Gasteiger partial charge in [0.2, 0.25) is 29.5 Å². The first-order valence-corrected chi connectivity index (χ1v) is 37.4. The average Bonchev–Trinajstić information content (AvgIpc) is 1.68. The summed E-state index contributed by atoms with van der Waals surface area (Å²) in [4.78, 5) is 178. The summed E-state index contributed by atoms with van der Waals surface area (Å²) in [6.07, 6.45) is 18.8. The van der Waals surface area contributed by atoms with Crippen LogP contribution in [0.15, 0.2) is 98.2 Å². The second kappa shape index (κ2) is 39.3. The highest BCUT2D eigenvalue weighted by Gasteiger charge is 2.39. The third-order valence-corrected chi connectivity index (χ3v) is 19.1. The highest BCUT2D eigenvalue weighted by Crippen LogP contribution is 2.26. The Balaban J connectivity index is 0.658. The summed E-state index contributed by atoms with van der Waals surface area (Å²) in [7, 11) is 13.1. The van der Waals surface area contributed by atoms with Gasteiger partial charge in [-0.05, 0) is 100 Å². The second-order valence-corrected chi connectivity index (χ2v) is 28.2. The predicted molar refractivity (Wildman–Crippen MR) is 431 cm³/mol. The fourth-order valence-corrected chi connectivity index (χ4v) is 13.2. The quantitative estimate of drug-likeness (QED) is 0.0149. The lowest BCUT2D eigenvalue weighted by Gasteiger charge is -2.29. The van der Waals surface area contributed by atoms with Gasteiger partial charge in [0.1, 0.15) is 58.0 Å². The zero-order valence-electron chi connectivity index (χ0n) is 65.7. The normalized spacial score (nSPS) is 12.8. The van der Waals surface area contributed by atoms with Gasteiger partial charge < -0.3 is 128 Å². The number of carbonyl (C=O) groups excluding carboxylic acids is 13. The van der Waals surface area contributed by atoms with Crippen LogP contribution < -0.4 is 86.3 Å². The summed E-state index contributed by atoms with van der Waals surface area (Å²) in [6, 6.07) is 7.56. The molecule has 3 atom stereocenters. The Morgan fingerprint density at radius 2 is 0.741 bits per heavy atom. The van der Waals surface area contributed by atoms with Crippen molar-refractivity contribution in [1.29, 1.82) is 10.8 Å². The number of nitrogens with two attached hydrogens (primary N) is 3. The van der Waals surface area contributed by atoms with Gasteiger partial charge in [0.25, 0.3) is 47.3 Å². The summed E-state index contributed by atoms with van der Waals surface area (Å²) in [6.45, 7) is 1.24.